The third-order valence-electron chi connectivity index (χ3n) is 4.97. The number of aromatic nitrogens is 2. The Morgan fingerprint density at radius 3 is 2.49 bits per heavy atom. The van der Waals surface area contributed by atoms with Gasteiger partial charge in [0.15, 0.2) is 5.69 Å². The zero-order chi connectivity index (χ0) is 25.4. The Labute approximate surface area is 197 Å². The van der Waals surface area contributed by atoms with Gasteiger partial charge in [0.1, 0.15) is 10.6 Å². The molecule has 0 atom stereocenters. The predicted molar refractivity (Wildman–Crippen MR) is 121 cm³/mol. The highest BCUT2D eigenvalue weighted by molar-refractivity contribution is 7.93. The van der Waals surface area contributed by atoms with E-state index in [9.17, 15) is 31.5 Å². The molecule has 4 rings (SSSR count). The summed E-state index contributed by atoms with van der Waals surface area (Å²) in [6, 6.07) is 12.4. The average Bonchev–Trinajstić information content (AvgIpc) is 2.78. The van der Waals surface area contributed by atoms with Crippen LogP contribution in [0.15, 0.2) is 71.9 Å². The lowest BCUT2D eigenvalue weighted by Gasteiger charge is -2.16. The lowest BCUT2D eigenvalue weighted by molar-refractivity contribution is -0.274. The lowest BCUT2D eigenvalue weighted by Crippen LogP contribution is -2.18. The number of carboxylic acids is 1. The van der Waals surface area contributed by atoms with Crippen molar-refractivity contribution in [3.63, 3.8) is 0 Å². The molecule has 8 nitrogen and oxygen atoms in total. The molecule has 0 saturated heterocycles. The number of hydrogen-bond donors (Lipinski definition) is 2. The Morgan fingerprint density at radius 1 is 1.06 bits per heavy atom. The Kier molecular flexibility index (Phi) is 6.07. The van der Waals surface area contributed by atoms with Gasteiger partial charge >= 0.3 is 12.3 Å². The summed E-state index contributed by atoms with van der Waals surface area (Å²) in [5.74, 6) is -1.78. The van der Waals surface area contributed by atoms with Crippen LogP contribution in [0.3, 0.4) is 0 Å². The summed E-state index contributed by atoms with van der Waals surface area (Å²) in [6.45, 7) is 1.56. The van der Waals surface area contributed by atoms with Crippen molar-refractivity contribution in [3.05, 3.63) is 78.2 Å². The van der Waals surface area contributed by atoms with E-state index in [4.69, 9.17) is 0 Å². The van der Waals surface area contributed by atoms with Crippen molar-refractivity contribution in [3.8, 4) is 16.9 Å². The SMILES string of the molecule is Cc1cc(-c2ccccc2NS(=O)(=O)c2ccc(OC(F)(F)F)c3cccnc23)cnc1C(=O)O. The summed E-state index contributed by atoms with van der Waals surface area (Å²) < 4.78 is 71.4. The summed E-state index contributed by atoms with van der Waals surface area (Å²) in [4.78, 5) is 18.8. The number of nitrogens with zero attached hydrogens (tertiary/aromatic N) is 2. The summed E-state index contributed by atoms with van der Waals surface area (Å²) in [5, 5.41) is 9.06. The van der Waals surface area contributed by atoms with Gasteiger partial charge < -0.3 is 9.84 Å². The first-order valence-electron chi connectivity index (χ1n) is 9.92. The number of fused-ring (bicyclic) bond motifs is 1. The van der Waals surface area contributed by atoms with Crippen LogP contribution in [0.4, 0.5) is 18.9 Å². The molecule has 12 heteroatoms. The maximum absolute atomic E-state index is 13.3. The molecule has 4 aromatic rings. The van der Waals surface area contributed by atoms with Gasteiger partial charge in [0.2, 0.25) is 0 Å². The number of pyridine rings is 2. The number of anilines is 1. The second-order valence-electron chi connectivity index (χ2n) is 7.35. The van der Waals surface area contributed by atoms with Crippen molar-refractivity contribution in [2.75, 3.05) is 4.72 Å². The van der Waals surface area contributed by atoms with Crippen molar-refractivity contribution < 1.29 is 36.2 Å². The molecule has 0 radical (unpaired) electrons. The first-order valence-corrected chi connectivity index (χ1v) is 11.4. The van der Waals surface area contributed by atoms with Gasteiger partial charge in [-0.25, -0.2) is 18.2 Å². The molecule has 0 fully saturated rings. The van der Waals surface area contributed by atoms with E-state index in [0.29, 0.717) is 16.7 Å². The fraction of sp³-hybridized carbons (Fsp3) is 0.0870. The van der Waals surface area contributed by atoms with Gasteiger partial charge in [-0.05, 0) is 48.9 Å². The number of carbonyl (C=O) groups is 1. The largest absolute Gasteiger partial charge is 0.573 e. The zero-order valence-corrected chi connectivity index (χ0v) is 18.7. The van der Waals surface area contributed by atoms with Crippen LogP contribution >= 0.6 is 0 Å². The van der Waals surface area contributed by atoms with E-state index in [1.165, 1.54) is 30.6 Å². The van der Waals surface area contributed by atoms with E-state index in [1.807, 2.05) is 0 Å². The number of benzene rings is 2. The minimum Gasteiger partial charge on any atom is -0.477 e. The van der Waals surface area contributed by atoms with Crippen LogP contribution in [-0.4, -0.2) is 35.8 Å². The fourth-order valence-electron chi connectivity index (χ4n) is 3.52. The maximum Gasteiger partial charge on any atom is 0.573 e. The van der Waals surface area contributed by atoms with E-state index in [-0.39, 0.29) is 27.2 Å². The van der Waals surface area contributed by atoms with E-state index in [0.717, 1.165) is 12.1 Å². The number of aryl methyl sites for hydroxylation is 1. The quantitative estimate of drug-likeness (QED) is 0.380. The molecule has 0 bridgehead atoms. The highest BCUT2D eigenvalue weighted by Gasteiger charge is 2.33. The number of aromatic carboxylic acids is 1. The zero-order valence-electron chi connectivity index (χ0n) is 17.9. The summed E-state index contributed by atoms with van der Waals surface area (Å²) >= 11 is 0. The molecule has 0 saturated carbocycles. The second kappa shape index (κ2) is 8.87. The lowest BCUT2D eigenvalue weighted by atomic mass is 10.0. The van der Waals surface area contributed by atoms with E-state index in [1.54, 1.807) is 31.2 Å². The summed E-state index contributed by atoms with van der Waals surface area (Å²) in [6.07, 6.45) is -2.41. The number of carboxylic acid groups (broad SMARTS) is 1. The molecule has 2 heterocycles. The highest BCUT2D eigenvalue weighted by atomic mass is 32.2. The first-order chi connectivity index (χ1) is 16.5. The van der Waals surface area contributed by atoms with Crippen molar-refractivity contribution in [1.29, 1.82) is 0 Å². The fourth-order valence-corrected chi connectivity index (χ4v) is 4.76. The Balaban J connectivity index is 1.77. The molecule has 2 aromatic carbocycles. The molecule has 0 spiro atoms. The summed E-state index contributed by atoms with van der Waals surface area (Å²) in [7, 11) is -4.33. The number of alkyl halides is 3. The van der Waals surface area contributed by atoms with Crippen molar-refractivity contribution in [1.82, 2.24) is 9.97 Å². The average molecular weight is 503 g/mol. The number of rotatable bonds is 6. The molecule has 0 aliphatic heterocycles. The number of ether oxygens (including phenoxy) is 1. The van der Waals surface area contributed by atoms with Crippen molar-refractivity contribution in [2.45, 2.75) is 18.2 Å². The van der Waals surface area contributed by atoms with Crippen LogP contribution < -0.4 is 9.46 Å². The van der Waals surface area contributed by atoms with Crippen LogP contribution in [0.2, 0.25) is 0 Å². The normalized spacial score (nSPS) is 11.9. The number of hydrogen-bond acceptors (Lipinski definition) is 6. The molecule has 0 amide bonds. The van der Waals surface area contributed by atoms with Crippen LogP contribution in [0.25, 0.3) is 22.0 Å². The van der Waals surface area contributed by atoms with Gasteiger partial charge in [-0.15, -0.1) is 13.2 Å². The smallest absolute Gasteiger partial charge is 0.477 e. The van der Waals surface area contributed by atoms with Gasteiger partial charge in [-0.1, -0.05) is 18.2 Å². The minimum absolute atomic E-state index is 0.134. The maximum atomic E-state index is 13.3. The number of sulfonamides is 1. The molecule has 180 valence electrons. The number of halogens is 3. The Morgan fingerprint density at radius 2 is 1.80 bits per heavy atom. The van der Waals surface area contributed by atoms with Crippen molar-refractivity contribution in [2.24, 2.45) is 0 Å². The minimum atomic E-state index is -4.97. The van der Waals surface area contributed by atoms with Gasteiger partial charge in [0, 0.05) is 28.9 Å². The standard InChI is InChI=1S/C23H16F3N3O5S/c1-13-11-14(12-28-20(13)22(30)31)15-5-2-3-7-17(15)29-35(32,33)19-9-8-18(34-23(24,25)26)16-6-4-10-27-21(16)19/h2-12,29H,1H3,(H,30,31). The summed E-state index contributed by atoms with van der Waals surface area (Å²) in [5.41, 5.74) is 1.06. The first kappa shape index (κ1) is 24.0. The molecule has 0 aliphatic rings. The predicted octanol–water partition coefficient (Wildman–Crippen LogP) is 5.00. The monoisotopic (exact) mass is 503 g/mol. The van der Waals surface area contributed by atoms with Crippen LogP contribution in [0.5, 0.6) is 5.75 Å². The molecule has 0 aliphatic carbocycles. The van der Waals surface area contributed by atoms with Gasteiger partial charge in [0.05, 0.1) is 11.2 Å². The second-order valence-corrected chi connectivity index (χ2v) is 9.01. The highest BCUT2D eigenvalue weighted by Crippen LogP contribution is 2.35. The molecule has 2 aromatic heterocycles. The van der Waals surface area contributed by atoms with E-state index >= 15 is 0 Å². The Hall–Kier alpha value is -4.19. The number of nitrogens with one attached hydrogen (secondary N) is 1. The third kappa shape index (κ3) is 5.01. The van der Waals surface area contributed by atoms with Gasteiger partial charge in [-0.2, -0.15) is 0 Å². The molecule has 0 unspecified atom stereocenters. The molecular formula is C23H16F3N3O5S. The van der Waals surface area contributed by atoms with E-state index in [2.05, 4.69) is 19.4 Å². The van der Waals surface area contributed by atoms with Crippen LogP contribution in [-0.2, 0) is 10.0 Å². The molecule has 35 heavy (non-hydrogen) atoms. The van der Waals surface area contributed by atoms with E-state index < -0.39 is 28.1 Å². The van der Waals surface area contributed by atoms with Crippen LogP contribution in [0.1, 0.15) is 16.1 Å². The topological polar surface area (TPSA) is 118 Å². The van der Waals surface area contributed by atoms with Gasteiger partial charge in [0.25, 0.3) is 10.0 Å². The number of para-hydroxylation sites is 1. The van der Waals surface area contributed by atoms with Crippen LogP contribution in [0, 0.1) is 6.92 Å². The third-order valence-corrected chi connectivity index (χ3v) is 6.37. The van der Waals surface area contributed by atoms with Crippen molar-refractivity contribution >= 4 is 32.6 Å². The molecular weight excluding hydrogens is 487 g/mol. The Bertz CT molecular complexity index is 1560. The molecule has 2 N–H and O–H groups in total. The van der Waals surface area contributed by atoms with Gasteiger partial charge in [-0.3, -0.25) is 9.71 Å².